The number of nitrogens with zero attached hydrogens (tertiary/aromatic N) is 3. The summed E-state index contributed by atoms with van der Waals surface area (Å²) in [5.74, 6) is -0.942. The normalized spacial score (nSPS) is 16.9. The minimum absolute atomic E-state index is 0.153. The van der Waals surface area contributed by atoms with E-state index in [0.29, 0.717) is 6.42 Å². The Balaban J connectivity index is 1.78. The molecule has 0 radical (unpaired) electrons. The molecule has 1 saturated heterocycles. The average molecular weight is 415 g/mol. The number of amides is 4. The molecule has 0 atom stereocenters. The molecule has 1 aliphatic heterocycles. The third-order valence-corrected chi connectivity index (χ3v) is 6.63. The van der Waals surface area contributed by atoms with Gasteiger partial charge >= 0.3 is 6.03 Å². The summed E-state index contributed by atoms with van der Waals surface area (Å²) in [4.78, 5) is 41.2. The summed E-state index contributed by atoms with van der Waals surface area (Å²) >= 11 is 0. The highest BCUT2D eigenvalue weighted by atomic mass is 16.2. The lowest BCUT2D eigenvalue weighted by molar-refractivity contribution is -0.135. The van der Waals surface area contributed by atoms with E-state index in [4.69, 9.17) is 0 Å². The van der Waals surface area contributed by atoms with Gasteiger partial charge in [0.25, 0.3) is 11.8 Å². The van der Waals surface area contributed by atoms with Gasteiger partial charge in [-0.25, -0.2) is 4.79 Å². The summed E-state index contributed by atoms with van der Waals surface area (Å²) in [6.45, 7) is 7.01. The minimum Gasteiger partial charge on any atom is -0.341 e. The van der Waals surface area contributed by atoms with Gasteiger partial charge in [0.15, 0.2) is 0 Å². The SMILES string of the molecule is CCN1C(=O)C(=C2CCc3c2ccc2c3c3ccccc3n2CC)C(=O)N(CC)C1=O. The quantitative estimate of drug-likeness (QED) is 0.472. The Labute approximate surface area is 180 Å². The number of aryl methyl sites for hydroxylation is 2. The van der Waals surface area contributed by atoms with Crippen molar-refractivity contribution in [2.75, 3.05) is 13.1 Å². The second-order valence-corrected chi connectivity index (χ2v) is 7.98. The number of carbonyl (C=O) groups is 3. The van der Waals surface area contributed by atoms with Crippen molar-refractivity contribution < 1.29 is 14.4 Å². The summed E-state index contributed by atoms with van der Waals surface area (Å²) in [5.41, 5.74) is 5.44. The number of para-hydroxylation sites is 1. The average Bonchev–Trinajstić information content (AvgIpc) is 3.33. The number of fused-ring (bicyclic) bond motifs is 5. The second-order valence-electron chi connectivity index (χ2n) is 7.98. The number of likely N-dealkylation sites (N-methyl/N-ethyl adjacent to an activating group) is 2. The Morgan fingerprint density at radius 1 is 0.774 bits per heavy atom. The molecule has 1 aliphatic carbocycles. The Morgan fingerprint density at radius 2 is 1.45 bits per heavy atom. The highest BCUT2D eigenvalue weighted by Gasteiger charge is 2.43. The molecule has 158 valence electrons. The molecule has 3 aromatic rings. The zero-order valence-electron chi connectivity index (χ0n) is 18.1. The van der Waals surface area contributed by atoms with Crippen molar-refractivity contribution in [3.05, 3.63) is 53.1 Å². The third-order valence-electron chi connectivity index (χ3n) is 6.63. The van der Waals surface area contributed by atoms with Crippen molar-refractivity contribution >= 4 is 45.2 Å². The Hall–Kier alpha value is -3.41. The van der Waals surface area contributed by atoms with Crippen molar-refractivity contribution in [2.24, 2.45) is 0 Å². The number of benzene rings is 2. The summed E-state index contributed by atoms with van der Waals surface area (Å²) in [6, 6.07) is 12.0. The predicted molar refractivity (Wildman–Crippen MR) is 121 cm³/mol. The van der Waals surface area contributed by atoms with E-state index >= 15 is 0 Å². The first-order chi connectivity index (χ1) is 15.0. The van der Waals surface area contributed by atoms with Crippen molar-refractivity contribution in [1.82, 2.24) is 14.4 Å². The van der Waals surface area contributed by atoms with Gasteiger partial charge in [-0.1, -0.05) is 24.3 Å². The summed E-state index contributed by atoms with van der Waals surface area (Å²) in [6.07, 6.45) is 1.40. The molecule has 2 aliphatic rings. The van der Waals surface area contributed by atoms with Gasteiger partial charge in [0.1, 0.15) is 5.57 Å². The van der Waals surface area contributed by atoms with Gasteiger partial charge in [0.2, 0.25) is 0 Å². The number of aromatic nitrogens is 1. The summed E-state index contributed by atoms with van der Waals surface area (Å²) in [5, 5.41) is 2.40. The lowest BCUT2D eigenvalue weighted by Gasteiger charge is -2.33. The lowest BCUT2D eigenvalue weighted by atomic mass is 9.96. The van der Waals surface area contributed by atoms with E-state index in [9.17, 15) is 14.4 Å². The standard InChI is InChI=1S/C25H25N3O3/c1-4-26-19-10-8-7-9-18(19)21-16-11-12-17(15(16)13-14-20(21)26)22-23(29)27(5-2)25(31)28(6-3)24(22)30/h7-10,13-14H,4-6,11-12H2,1-3H3. The lowest BCUT2D eigenvalue weighted by Crippen LogP contribution is -2.56. The topological polar surface area (TPSA) is 62.6 Å². The Bertz CT molecular complexity index is 1290. The first kappa shape index (κ1) is 19.5. The molecule has 0 spiro atoms. The minimum atomic E-state index is -0.524. The van der Waals surface area contributed by atoms with Crippen molar-refractivity contribution in [3.63, 3.8) is 0 Å². The van der Waals surface area contributed by atoms with E-state index in [2.05, 4.69) is 35.8 Å². The predicted octanol–water partition coefficient (Wildman–Crippen LogP) is 4.34. The Kier molecular flexibility index (Phi) is 4.46. The largest absolute Gasteiger partial charge is 0.341 e. The van der Waals surface area contributed by atoms with Gasteiger partial charge in [-0.05, 0) is 62.4 Å². The molecule has 6 nitrogen and oxygen atoms in total. The molecule has 5 rings (SSSR count). The molecule has 6 heteroatoms. The molecular weight excluding hydrogens is 390 g/mol. The van der Waals surface area contributed by atoms with Crippen molar-refractivity contribution in [2.45, 2.75) is 40.2 Å². The van der Waals surface area contributed by atoms with Crippen LogP contribution in [0.25, 0.3) is 27.4 Å². The van der Waals surface area contributed by atoms with Crippen LogP contribution >= 0.6 is 0 Å². The van der Waals surface area contributed by atoms with E-state index < -0.39 is 17.8 Å². The van der Waals surface area contributed by atoms with Crippen molar-refractivity contribution in [3.8, 4) is 0 Å². The number of carbonyl (C=O) groups excluding carboxylic acids is 3. The van der Waals surface area contributed by atoms with E-state index in [0.717, 1.165) is 24.1 Å². The summed E-state index contributed by atoms with van der Waals surface area (Å²) < 4.78 is 2.31. The highest BCUT2D eigenvalue weighted by molar-refractivity contribution is 6.32. The molecule has 1 aromatic heterocycles. The van der Waals surface area contributed by atoms with Crippen LogP contribution in [0.3, 0.4) is 0 Å². The number of urea groups is 1. The van der Waals surface area contributed by atoms with Crippen LogP contribution < -0.4 is 0 Å². The van der Waals surface area contributed by atoms with Crippen LogP contribution in [0, 0.1) is 0 Å². The van der Waals surface area contributed by atoms with Crippen LogP contribution in [0.2, 0.25) is 0 Å². The van der Waals surface area contributed by atoms with Gasteiger partial charge < -0.3 is 4.57 Å². The molecular formula is C25H25N3O3. The number of rotatable bonds is 3. The number of barbiturate groups is 1. The van der Waals surface area contributed by atoms with Crippen LogP contribution in [-0.2, 0) is 22.6 Å². The zero-order valence-corrected chi connectivity index (χ0v) is 18.1. The fourth-order valence-electron chi connectivity index (χ4n) is 5.24. The first-order valence-corrected chi connectivity index (χ1v) is 11.0. The monoisotopic (exact) mass is 415 g/mol. The third kappa shape index (κ3) is 2.54. The molecule has 0 saturated carbocycles. The molecule has 4 amide bonds. The van der Waals surface area contributed by atoms with Crippen LogP contribution in [0.5, 0.6) is 0 Å². The molecule has 0 unspecified atom stereocenters. The molecule has 1 fully saturated rings. The van der Waals surface area contributed by atoms with Crippen LogP contribution in [-0.4, -0.2) is 45.3 Å². The molecule has 0 N–H and O–H groups in total. The fraction of sp³-hybridized carbons (Fsp3) is 0.320. The van der Waals surface area contributed by atoms with Gasteiger partial charge in [-0.15, -0.1) is 0 Å². The summed E-state index contributed by atoms with van der Waals surface area (Å²) in [7, 11) is 0. The number of allylic oxidation sites excluding steroid dienone is 1. The van der Waals surface area contributed by atoms with Gasteiger partial charge in [0.05, 0.1) is 0 Å². The molecule has 2 aromatic carbocycles. The molecule has 2 heterocycles. The van der Waals surface area contributed by atoms with Crippen LogP contribution in [0.15, 0.2) is 42.0 Å². The number of hydrogen-bond acceptors (Lipinski definition) is 3. The molecule has 31 heavy (non-hydrogen) atoms. The van der Waals surface area contributed by atoms with Crippen LogP contribution in [0.4, 0.5) is 4.79 Å². The second kappa shape index (κ2) is 7.08. The fourth-order valence-corrected chi connectivity index (χ4v) is 5.24. The van der Waals surface area contributed by atoms with E-state index in [-0.39, 0.29) is 18.7 Å². The van der Waals surface area contributed by atoms with Crippen LogP contribution in [0.1, 0.15) is 38.3 Å². The maximum Gasteiger partial charge on any atom is 0.333 e. The smallest absolute Gasteiger partial charge is 0.333 e. The number of hydrogen-bond donors (Lipinski definition) is 0. The number of imide groups is 2. The maximum atomic E-state index is 13.2. The first-order valence-electron chi connectivity index (χ1n) is 11.0. The maximum absolute atomic E-state index is 13.2. The molecule has 0 bridgehead atoms. The highest BCUT2D eigenvalue weighted by Crippen LogP contribution is 2.43. The zero-order chi connectivity index (χ0) is 21.9. The van der Waals surface area contributed by atoms with Gasteiger partial charge in [-0.3, -0.25) is 19.4 Å². The van der Waals surface area contributed by atoms with Gasteiger partial charge in [0, 0.05) is 41.4 Å². The van der Waals surface area contributed by atoms with Crippen molar-refractivity contribution in [1.29, 1.82) is 0 Å². The van der Waals surface area contributed by atoms with E-state index in [1.54, 1.807) is 13.8 Å². The van der Waals surface area contributed by atoms with E-state index in [1.165, 1.54) is 37.2 Å². The van der Waals surface area contributed by atoms with E-state index in [1.807, 2.05) is 12.1 Å². The Morgan fingerprint density at radius 3 is 2.10 bits per heavy atom. The van der Waals surface area contributed by atoms with Gasteiger partial charge in [-0.2, -0.15) is 0 Å².